The normalized spacial score (nSPS) is 14.8. The third-order valence-electron chi connectivity index (χ3n) is 7.45. The number of hydrogen-bond acceptors (Lipinski definition) is 6. The van der Waals surface area contributed by atoms with Crippen LogP contribution < -0.4 is 16.0 Å². The van der Waals surface area contributed by atoms with Crippen molar-refractivity contribution in [1.29, 1.82) is 0 Å². The first-order valence-electron chi connectivity index (χ1n) is 12.6. The number of fused-ring (bicyclic) bond motifs is 2. The van der Waals surface area contributed by atoms with Gasteiger partial charge in [0.25, 0.3) is 5.69 Å². The Morgan fingerprint density at radius 3 is 2.44 bits per heavy atom. The Morgan fingerprint density at radius 1 is 1.18 bits per heavy atom. The van der Waals surface area contributed by atoms with Gasteiger partial charge in [-0.15, -0.1) is 0 Å². The number of carbonyl (C=O) groups is 1. The van der Waals surface area contributed by atoms with Crippen LogP contribution in [0.2, 0.25) is 5.02 Å². The molecule has 39 heavy (non-hydrogen) atoms. The Morgan fingerprint density at radius 2 is 1.85 bits per heavy atom. The quantitative estimate of drug-likeness (QED) is 0.272. The van der Waals surface area contributed by atoms with Crippen molar-refractivity contribution < 1.29 is 14.8 Å². The van der Waals surface area contributed by atoms with E-state index >= 15 is 0 Å². The van der Waals surface area contributed by atoms with Crippen LogP contribution in [-0.4, -0.2) is 43.2 Å². The summed E-state index contributed by atoms with van der Waals surface area (Å²) in [5.41, 5.74) is 0.490. The number of carboxylic acid groups (broad SMARTS) is 1. The van der Waals surface area contributed by atoms with Gasteiger partial charge in [-0.25, -0.2) is 9.59 Å². The molecular formula is C27H28ClN5O6. The average Bonchev–Trinajstić information content (AvgIpc) is 3.18. The number of H-pyrrole nitrogens is 1. The molecule has 1 fully saturated rings. The predicted octanol–water partition coefficient (Wildman–Crippen LogP) is 4.81. The number of imidazole rings is 1. The number of nitro benzene ring substituents is 1. The Hall–Kier alpha value is -4.12. The first-order valence-corrected chi connectivity index (χ1v) is 12.9. The topological polar surface area (TPSA) is 143 Å². The summed E-state index contributed by atoms with van der Waals surface area (Å²) in [6, 6.07) is 6.33. The largest absolute Gasteiger partial charge is 0.477 e. The van der Waals surface area contributed by atoms with Crippen molar-refractivity contribution >= 4 is 50.9 Å². The summed E-state index contributed by atoms with van der Waals surface area (Å²) in [7, 11) is 0. The number of nitrogens with zero attached hydrogens (tertiary/aromatic N) is 4. The maximum Gasteiger partial charge on any atom is 0.341 e. The van der Waals surface area contributed by atoms with Crippen LogP contribution in [0.3, 0.4) is 0 Å². The van der Waals surface area contributed by atoms with E-state index in [1.165, 1.54) is 12.3 Å². The molecule has 2 N–H and O–H groups in total. The smallest absolute Gasteiger partial charge is 0.341 e. The van der Waals surface area contributed by atoms with Gasteiger partial charge in [-0.3, -0.25) is 19.5 Å². The number of aryl methyl sites for hydroxylation is 1. The third kappa shape index (κ3) is 4.36. The number of aromatic nitrogens is 3. The fraction of sp³-hybridized carbons (Fsp3) is 0.370. The number of anilines is 1. The van der Waals surface area contributed by atoms with Gasteiger partial charge in [0.2, 0.25) is 5.43 Å². The van der Waals surface area contributed by atoms with E-state index < -0.39 is 27.4 Å². The average molecular weight is 554 g/mol. The number of halogens is 1. The number of nitro groups is 1. The van der Waals surface area contributed by atoms with Gasteiger partial charge < -0.3 is 19.6 Å². The zero-order chi connectivity index (χ0) is 28.4. The molecule has 0 saturated carbocycles. The fourth-order valence-electron chi connectivity index (χ4n) is 5.69. The second-order valence-electron chi connectivity index (χ2n) is 10.9. The van der Waals surface area contributed by atoms with Crippen molar-refractivity contribution in [2.75, 3.05) is 18.0 Å². The molecule has 3 heterocycles. The van der Waals surface area contributed by atoms with Crippen molar-refractivity contribution in [3.05, 3.63) is 77.4 Å². The number of benzene rings is 2. The minimum Gasteiger partial charge on any atom is -0.477 e. The first kappa shape index (κ1) is 26.5. The van der Waals surface area contributed by atoms with Crippen LogP contribution in [0.25, 0.3) is 21.9 Å². The number of aromatic amines is 1. The number of piperidine rings is 1. The number of nitrogens with one attached hydrogen (secondary N) is 1. The number of carboxylic acids is 1. The Labute approximate surface area is 227 Å². The van der Waals surface area contributed by atoms with Crippen LogP contribution in [0.4, 0.5) is 11.4 Å². The highest BCUT2D eigenvalue weighted by molar-refractivity contribution is 6.31. The zero-order valence-electron chi connectivity index (χ0n) is 21.9. The highest BCUT2D eigenvalue weighted by Gasteiger charge is 2.32. The Kier molecular flexibility index (Phi) is 6.29. The SMILES string of the molecule is Cc1c(N2CCC(n3c(=O)[nH]c4cc(Cl)ccc43)CC2)c([N+](=O)[O-])cc2c(=O)c(C(=O)O)cn(C(C)(C)C)c12. The highest BCUT2D eigenvalue weighted by atomic mass is 35.5. The van der Waals surface area contributed by atoms with Gasteiger partial charge in [0.05, 0.1) is 26.9 Å². The van der Waals surface area contributed by atoms with Gasteiger partial charge in [-0.1, -0.05) is 11.6 Å². The van der Waals surface area contributed by atoms with E-state index in [2.05, 4.69) is 4.98 Å². The molecule has 2 aromatic heterocycles. The molecule has 0 spiro atoms. The summed E-state index contributed by atoms with van der Waals surface area (Å²) < 4.78 is 3.43. The Bertz CT molecular complexity index is 1790. The fourth-order valence-corrected chi connectivity index (χ4v) is 5.87. The molecule has 0 aliphatic carbocycles. The molecule has 0 unspecified atom stereocenters. The lowest BCUT2D eigenvalue weighted by Gasteiger charge is -2.35. The second kappa shape index (κ2) is 9.26. The van der Waals surface area contributed by atoms with Crippen LogP contribution in [0.5, 0.6) is 0 Å². The van der Waals surface area contributed by atoms with E-state index in [-0.39, 0.29) is 22.8 Å². The van der Waals surface area contributed by atoms with Gasteiger partial charge in [0.15, 0.2) is 0 Å². The minimum atomic E-state index is -1.39. The number of hydrogen-bond donors (Lipinski definition) is 2. The number of pyridine rings is 1. The molecule has 1 saturated heterocycles. The van der Waals surface area contributed by atoms with E-state index in [0.717, 1.165) is 5.52 Å². The second-order valence-corrected chi connectivity index (χ2v) is 11.4. The van der Waals surface area contributed by atoms with Crippen LogP contribution in [-0.2, 0) is 5.54 Å². The van der Waals surface area contributed by atoms with E-state index in [9.17, 15) is 29.6 Å². The summed E-state index contributed by atoms with van der Waals surface area (Å²) >= 11 is 6.08. The van der Waals surface area contributed by atoms with Crippen molar-refractivity contribution in [1.82, 2.24) is 14.1 Å². The molecule has 2 aromatic carbocycles. The summed E-state index contributed by atoms with van der Waals surface area (Å²) in [5, 5.41) is 22.4. The lowest BCUT2D eigenvalue weighted by atomic mass is 9.97. The molecule has 11 nitrogen and oxygen atoms in total. The van der Waals surface area contributed by atoms with E-state index in [1.54, 1.807) is 34.3 Å². The molecule has 5 rings (SSSR count). The van der Waals surface area contributed by atoms with Gasteiger partial charge >= 0.3 is 11.7 Å². The maximum absolute atomic E-state index is 13.1. The van der Waals surface area contributed by atoms with E-state index in [1.807, 2.05) is 25.7 Å². The van der Waals surface area contributed by atoms with Crippen LogP contribution in [0, 0.1) is 17.0 Å². The van der Waals surface area contributed by atoms with Crippen LogP contribution in [0.1, 0.15) is 55.6 Å². The molecule has 0 atom stereocenters. The van der Waals surface area contributed by atoms with Crippen LogP contribution in [0.15, 0.2) is 40.1 Å². The predicted molar refractivity (Wildman–Crippen MR) is 150 cm³/mol. The number of rotatable bonds is 4. The summed E-state index contributed by atoms with van der Waals surface area (Å²) in [6.07, 6.45) is 2.44. The number of aromatic carboxylic acids is 1. The van der Waals surface area contributed by atoms with Crippen molar-refractivity contribution in [2.45, 2.75) is 52.1 Å². The highest BCUT2D eigenvalue weighted by Crippen LogP contribution is 2.40. The molecule has 204 valence electrons. The van der Waals surface area contributed by atoms with Gasteiger partial charge in [0, 0.05) is 47.5 Å². The summed E-state index contributed by atoms with van der Waals surface area (Å²) in [4.78, 5) is 54.2. The molecular weight excluding hydrogens is 526 g/mol. The molecule has 0 amide bonds. The van der Waals surface area contributed by atoms with E-state index in [0.29, 0.717) is 53.2 Å². The van der Waals surface area contributed by atoms with Crippen LogP contribution >= 0.6 is 11.6 Å². The first-order chi connectivity index (χ1) is 18.3. The summed E-state index contributed by atoms with van der Waals surface area (Å²) in [5.74, 6) is -1.39. The maximum atomic E-state index is 13.1. The molecule has 4 aromatic rings. The zero-order valence-corrected chi connectivity index (χ0v) is 22.7. The summed E-state index contributed by atoms with van der Waals surface area (Å²) in [6.45, 7) is 8.24. The van der Waals surface area contributed by atoms with E-state index in [4.69, 9.17) is 11.6 Å². The van der Waals surface area contributed by atoms with Crippen molar-refractivity contribution in [3.8, 4) is 0 Å². The minimum absolute atomic E-state index is 0.00309. The Balaban J connectivity index is 1.62. The van der Waals surface area contributed by atoms with Crippen molar-refractivity contribution in [3.63, 3.8) is 0 Å². The van der Waals surface area contributed by atoms with Gasteiger partial charge in [0.1, 0.15) is 11.3 Å². The third-order valence-corrected chi connectivity index (χ3v) is 7.69. The molecule has 0 radical (unpaired) electrons. The molecule has 0 bridgehead atoms. The van der Waals surface area contributed by atoms with Gasteiger partial charge in [-0.05, 0) is 58.7 Å². The molecule has 1 aliphatic rings. The van der Waals surface area contributed by atoms with Gasteiger partial charge in [-0.2, -0.15) is 0 Å². The standard InChI is InChI=1S/C27H28ClN5O6/c1-14-22-17(24(34)18(25(35)36)13-31(22)27(2,3)4)12-21(33(38)39)23(14)30-9-7-16(8-10-30)32-20-6-5-15(28)11-19(20)29-26(32)37/h5-6,11-13,16H,7-10H2,1-4H3,(H,29,37)(H,35,36). The lowest BCUT2D eigenvalue weighted by Crippen LogP contribution is -2.38. The van der Waals surface area contributed by atoms with Crippen molar-refractivity contribution in [2.24, 2.45) is 0 Å². The molecule has 1 aliphatic heterocycles. The monoisotopic (exact) mass is 553 g/mol. The lowest BCUT2D eigenvalue weighted by molar-refractivity contribution is -0.384. The molecule has 12 heteroatoms.